The average molecular weight is 523 g/mol. The third-order valence-electron chi connectivity index (χ3n) is 6.58. The number of esters is 2. The molecule has 0 aliphatic carbocycles. The van der Waals surface area contributed by atoms with Gasteiger partial charge in [-0.05, 0) is 25.5 Å². The Morgan fingerprint density at radius 1 is 1.11 bits per heavy atom. The monoisotopic (exact) mass is 522 g/mol. The molecule has 1 fully saturated rings. The van der Waals surface area contributed by atoms with Crippen LogP contribution in [-0.2, 0) is 25.5 Å². The van der Waals surface area contributed by atoms with Gasteiger partial charge in [-0.3, -0.25) is 15.0 Å². The summed E-state index contributed by atoms with van der Waals surface area (Å²) in [5, 5.41) is 17.9. The zero-order chi connectivity index (χ0) is 27.2. The van der Waals surface area contributed by atoms with Crippen LogP contribution in [0.2, 0.25) is 0 Å². The molecule has 0 spiro atoms. The highest BCUT2D eigenvalue weighted by Gasteiger charge is 2.39. The molecule has 2 N–H and O–H groups in total. The van der Waals surface area contributed by atoms with Gasteiger partial charge in [0.25, 0.3) is 5.69 Å². The Labute approximate surface area is 219 Å². The van der Waals surface area contributed by atoms with Crippen molar-refractivity contribution in [3.8, 4) is 0 Å². The van der Waals surface area contributed by atoms with Crippen molar-refractivity contribution < 1.29 is 24.0 Å². The highest BCUT2D eigenvalue weighted by Crippen LogP contribution is 2.40. The number of nitrogens with one attached hydrogen (secondary N) is 2. The second-order valence-electron chi connectivity index (χ2n) is 8.99. The maximum absolute atomic E-state index is 13.9. The molecule has 200 valence electrons. The standard InChI is InChI=1S/C26H30N6O6/c1-16-22(25(33)37-3)24(18-6-4-7-19(14-18)32(35)36)23(17(2)30-16)26(34)38-21(31-12-10-27-11-13-31)15-20-28-8-5-9-29-20/h4-9,14,21,24,27,30H,10-13,15H2,1-3H3. The van der Waals surface area contributed by atoms with E-state index in [0.717, 1.165) is 13.1 Å². The molecule has 0 bridgehead atoms. The number of methoxy groups -OCH3 is 1. The third kappa shape index (κ3) is 5.87. The van der Waals surface area contributed by atoms with E-state index in [0.29, 0.717) is 35.9 Å². The van der Waals surface area contributed by atoms with Gasteiger partial charge in [-0.2, -0.15) is 0 Å². The van der Waals surface area contributed by atoms with Crippen LogP contribution in [0.25, 0.3) is 0 Å². The van der Waals surface area contributed by atoms with Crippen molar-refractivity contribution in [2.75, 3.05) is 33.3 Å². The molecule has 0 saturated carbocycles. The van der Waals surface area contributed by atoms with E-state index in [9.17, 15) is 19.7 Å². The number of carbonyl (C=O) groups is 2. The van der Waals surface area contributed by atoms with Crippen LogP contribution in [0.4, 0.5) is 5.69 Å². The highest BCUT2D eigenvalue weighted by molar-refractivity contribution is 6.00. The van der Waals surface area contributed by atoms with Gasteiger partial charge < -0.3 is 20.1 Å². The van der Waals surface area contributed by atoms with E-state index in [4.69, 9.17) is 9.47 Å². The molecule has 12 nitrogen and oxygen atoms in total. The van der Waals surface area contributed by atoms with Crippen LogP contribution in [0.5, 0.6) is 0 Å². The quantitative estimate of drug-likeness (QED) is 0.297. The van der Waals surface area contributed by atoms with E-state index in [2.05, 4.69) is 20.6 Å². The van der Waals surface area contributed by atoms with Gasteiger partial charge >= 0.3 is 11.9 Å². The number of hydrogen-bond donors (Lipinski definition) is 2. The number of nitro groups is 1. The van der Waals surface area contributed by atoms with Crippen molar-refractivity contribution in [1.82, 2.24) is 25.5 Å². The molecule has 12 heteroatoms. The Morgan fingerprint density at radius 2 is 1.76 bits per heavy atom. The van der Waals surface area contributed by atoms with E-state index in [1.807, 2.05) is 4.90 Å². The fraction of sp³-hybridized carbons (Fsp3) is 0.385. The number of carbonyl (C=O) groups excluding carboxylic acids is 2. The number of rotatable bonds is 8. The van der Waals surface area contributed by atoms with Crippen LogP contribution in [0, 0.1) is 10.1 Å². The lowest BCUT2D eigenvalue weighted by Gasteiger charge is -2.35. The van der Waals surface area contributed by atoms with Gasteiger partial charge in [0.05, 0.1) is 35.5 Å². The molecule has 2 aromatic rings. The molecule has 2 atom stereocenters. The number of hydrogen-bond acceptors (Lipinski definition) is 11. The van der Waals surface area contributed by atoms with Crippen LogP contribution < -0.4 is 10.6 Å². The third-order valence-corrected chi connectivity index (χ3v) is 6.58. The number of non-ortho nitro benzene ring substituents is 1. The molecule has 0 amide bonds. The summed E-state index contributed by atoms with van der Waals surface area (Å²) >= 11 is 0. The number of nitrogens with zero attached hydrogens (tertiary/aromatic N) is 4. The smallest absolute Gasteiger partial charge is 0.338 e. The molecule has 0 radical (unpaired) electrons. The van der Waals surface area contributed by atoms with Gasteiger partial charge in [0, 0.05) is 62.1 Å². The van der Waals surface area contributed by atoms with E-state index in [1.165, 1.54) is 25.3 Å². The number of piperazine rings is 1. The number of ether oxygens (including phenoxy) is 2. The zero-order valence-corrected chi connectivity index (χ0v) is 21.5. The Balaban J connectivity index is 1.73. The van der Waals surface area contributed by atoms with E-state index in [1.54, 1.807) is 38.4 Å². The minimum Gasteiger partial charge on any atom is -0.466 e. The topological polar surface area (TPSA) is 149 Å². The molecule has 38 heavy (non-hydrogen) atoms. The SMILES string of the molecule is COC(=O)C1=C(C)NC(C)=C(C(=O)OC(Cc2ncccn2)N2CCNCC2)C1c1cccc([N+](=O)[O-])c1. The lowest BCUT2D eigenvalue weighted by atomic mass is 9.80. The summed E-state index contributed by atoms with van der Waals surface area (Å²) in [7, 11) is 1.25. The normalized spacial score (nSPS) is 19.0. The van der Waals surface area contributed by atoms with Crippen LogP contribution in [0.15, 0.2) is 65.3 Å². The van der Waals surface area contributed by atoms with Crippen LogP contribution in [0.1, 0.15) is 31.2 Å². The van der Waals surface area contributed by atoms with Gasteiger partial charge in [0.1, 0.15) is 5.82 Å². The highest BCUT2D eigenvalue weighted by atomic mass is 16.6. The summed E-state index contributed by atoms with van der Waals surface area (Å²) in [5.74, 6) is -1.72. The predicted octanol–water partition coefficient (Wildman–Crippen LogP) is 1.81. The first kappa shape index (κ1) is 26.9. The number of allylic oxidation sites excluding steroid dienone is 2. The first-order valence-corrected chi connectivity index (χ1v) is 12.2. The Kier molecular flexibility index (Phi) is 8.44. The van der Waals surface area contributed by atoms with Crippen molar-refractivity contribution in [3.63, 3.8) is 0 Å². The Bertz CT molecular complexity index is 1270. The number of dihydropyridines is 1. The van der Waals surface area contributed by atoms with Crippen molar-refractivity contribution in [1.29, 1.82) is 0 Å². The van der Waals surface area contributed by atoms with Gasteiger partial charge in [0.15, 0.2) is 6.23 Å². The average Bonchev–Trinajstić information content (AvgIpc) is 2.93. The molecular weight excluding hydrogens is 492 g/mol. The summed E-state index contributed by atoms with van der Waals surface area (Å²) in [6, 6.07) is 7.59. The van der Waals surface area contributed by atoms with Gasteiger partial charge in [0.2, 0.25) is 0 Å². The van der Waals surface area contributed by atoms with Crippen LogP contribution >= 0.6 is 0 Å². The lowest BCUT2D eigenvalue weighted by molar-refractivity contribution is -0.384. The maximum Gasteiger partial charge on any atom is 0.338 e. The summed E-state index contributed by atoms with van der Waals surface area (Å²) < 4.78 is 11.1. The molecular formula is C26H30N6O6. The molecule has 2 aliphatic heterocycles. The first-order valence-electron chi connectivity index (χ1n) is 12.2. The summed E-state index contributed by atoms with van der Waals surface area (Å²) in [6.07, 6.45) is 2.87. The molecule has 1 aromatic carbocycles. The largest absolute Gasteiger partial charge is 0.466 e. The zero-order valence-electron chi connectivity index (χ0n) is 21.5. The fourth-order valence-corrected chi connectivity index (χ4v) is 4.79. The predicted molar refractivity (Wildman–Crippen MR) is 136 cm³/mol. The molecule has 4 rings (SSSR count). The van der Waals surface area contributed by atoms with Crippen molar-refractivity contribution in [2.24, 2.45) is 0 Å². The number of aromatic nitrogens is 2. The molecule has 1 saturated heterocycles. The second kappa shape index (κ2) is 11.9. The van der Waals surface area contributed by atoms with Gasteiger partial charge in [-0.1, -0.05) is 12.1 Å². The first-order chi connectivity index (χ1) is 18.3. The minimum absolute atomic E-state index is 0.159. The second-order valence-corrected chi connectivity index (χ2v) is 8.99. The molecule has 1 aromatic heterocycles. The summed E-state index contributed by atoms with van der Waals surface area (Å²) in [4.78, 5) is 48.4. The molecule has 2 unspecified atom stereocenters. The van der Waals surface area contributed by atoms with Crippen LogP contribution in [-0.4, -0.2) is 71.2 Å². The summed E-state index contributed by atoms with van der Waals surface area (Å²) in [5.41, 5.74) is 1.55. The van der Waals surface area contributed by atoms with E-state index in [-0.39, 0.29) is 23.3 Å². The number of nitro benzene ring substituents is 1. The lowest BCUT2D eigenvalue weighted by Crippen LogP contribution is -2.51. The van der Waals surface area contributed by atoms with Crippen molar-refractivity contribution in [3.05, 3.63) is 86.8 Å². The Morgan fingerprint density at radius 3 is 2.39 bits per heavy atom. The Hall–Kier alpha value is -4.16. The minimum atomic E-state index is -0.937. The van der Waals surface area contributed by atoms with E-state index < -0.39 is 29.0 Å². The summed E-state index contributed by atoms with van der Waals surface area (Å²) in [6.45, 7) is 6.18. The fourth-order valence-electron chi connectivity index (χ4n) is 4.79. The van der Waals surface area contributed by atoms with E-state index >= 15 is 0 Å². The van der Waals surface area contributed by atoms with Crippen molar-refractivity contribution >= 4 is 17.6 Å². The van der Waals surface area contributed by atoms with Crippen molar-refractivity contribution in [2.45, 2.75) is 32.4 Å². The maximum atomic E-state index is 13.9. The molecule has 2 aliphatic rings. The van der Waals surface area contributed by atoms with Gasteiger partial charge in [-0.15, -0.1) is 0 Å². The molecule has 3 heterocycles. The van der Waals surface area contributed by atoms with Gasteiger partial charge in [-0.25, -0.2) is 19.6 Å². The van der Waals surface area contributed by atoms with Crippen LogP contribution in [0.3, 0.4) is 0 Å². The number of benzene rings is 1.